The van der Waals surface area contributed by atoms with Crippen LogP contribution in [0.15, 0.2) is 71.6 Å². The predicted molar refractivity (Wildman–Crippen MR) is 143 cm³/mol. The van der Waals surface area contributed by atoms with Crippen molar-refractivity contribution in [1.29, 1.82) is 0 Å². The average molecular weight is 563 g/mol. The number of carbonyl (C=O) groups excluding carboxylic acids is 1. The Bertz CT molecular complexity index is 1410. The zero-order chi connectivity index (χ0) is 27.5. The SMILES string of the molecule is Cc1ccccc1N1CCN(C(=O)OCCC(C)(c2cc(F)ccc2F)S(=O)(=O)c2ccc(Cl)cc2)CC1. The van der Waals surface area contributed by atoms with Crippen LogP contribution in [-0.2, 0) is 19.3 Å². The summed E-state index contributed by atoms with van der Waals surface area (Å²) in [6.07, 6.45) is -0.867. The molecule has 1 aliphatic rings. The molecular weight excluding hydrogens is 534 g/mol. The quantitative estimate of drug-likeness (QED) is 0.355. The number of rotatable bonds is 7. The number of hydrogen-bond donors (Lipinski definition) is 0. The number of carbonyl (C=O) groups is 1. The third-order valence-electron chi connectivity index (χ3n) is 7.01. The van der Waals surface area contributed by atoms with E-state index in [9.17, 15) is 22.0 Å². The topological polar surface area (TPSA) is 66.9 Å². The summed E-state index contributed by atoms with van der Waals surface area (Å²) in [5.41, 5.74) is 1.92. The van der Waals surface area contributed by atoms with E-state index in [1.54, 1.807) is 4.90 Å². The number of nitrogens with zero attached hydrogens (tertiary/aromatic N) is 2. The van der Waals surface area contributed by atoms with Crippen LogP contribution >= 0.6 is 11.6 Å². The minimum atomic E-state index is -4.25. The molecule has 0 N–H and O–H groups in total. The number of ether oxygens (including phenoxy) is 1. The second-order valence-corrected chi connectivity index (χ2v) is 12.3. The number of halogens is 3. The van der Waals surface area contributed by atoms with Crippen molar-refractivity contribution in [3.63, 3.8) is 0 Å². The summed E-state index contributed by atoms with van der Waals surface area (Å²) < 4.78 is 60.0. The van der Waals surface area contributed by atoms with Gasteiger partial charge in [-0.3, -0.25) is 0 Å². The Kier molecular flexibility index (Phi) is 8.28. The molecule has 3 aromatic rings. The van der Waals surface area contributed by atoms with E-state index in [-0.39, 0.29) is 23.5 Å². The van der Waals surface area contributed by atoms with Crippen LogP contribution in [0.2, 0.25) is 5.02 Å². The van der Waals surface area contributed by atoms with Gasteiger partial charge in [0.25, 0.3) is 0 Å². The number of benzene rings is 3. The highest BCUT2D eigenvalue weighted by atomic mass is 35.5. The molecule has 1 saturated heterocycles. The van der Waals surface area contributed by atoms with Gasteiger partial charge in [0.1, 0.15) is 16.4 Å². The lowest BCUT2D eigenvalue weighted by atomic mass is 9.96. The summed E-state index contributed by atoms with van der Waals surface area (Å²) in [4.78, 5) is 16.4. The Labute approximate surface area is 226 Å². The number of aryl methyl sites for hydroxylation is 1. The highest BCUT2D eigenvalue weighted by Crippen LogP contribution is 2.40. The smallest absolute Gasteiger partial charge is 0.409 e. The van der Waals surface area contributed by atoms with Crippen LogP contribution in [0.25, 0.3) is 0 Å². The first kappa shape index (κ1) is 27.9. The van der Waals surface area contributed by atoms with Crippen LogP contribution in [0, 0.1) is 18.6 Å². The Balaban J connectivity index is 1.48. The summed E-state index contributed by atoms with van der Waals surface area (Å²) in [6.45, 7) is 5.15. The molecule has 0 saturated carbocycles. The highest BCUT2D eigenvalue weighted by molar-refractivity contribution is 7.92. The molecule has 10 heteroatoms. The summed E-state index contributed by atoms with van der Waals surface area (Å²) >= 11 is 5.91. The maximum Gasteiger partial charge on any atom is 0.409 e. The zero-order valence-corrected chi connectivity index (χ0v) is 22.7. The molecular formula is C28H29ClF2N2O4S. The first-order chi connectivity index (χ1) is 18.0. The Morgan fingerprint density at radius 1 is 1.00 bits per heavy atom. The predicted octanol–water partition coefficient (Wildman–Crippen LogP) is 5.96. The van der Waals surface area contributed by atoms with Crippen LogP contribution in [0.1, 0.15) is 24.5 Å². The fourth-order valence-corrected chi connectivity index (χ4v) is 6.60. The van der Waals surface area contributed by atoms with E-state index >= 15 is 0 Å². The van der Waals surface area contributed by atoms with Crippen molar-refractivity contribution in [3.8, 4) is 0 Å². The Hall–Kier alpha value is -3.17. The molecule has 0 bridgehead atoms. The van der Waals surface area contributed by atoms with E-state index < -0.39 is 32.3 Å². The third kappa shape index (κ3) is 5.63. The van der Waals surface area contributed by atoms with E-state index in [0.717, 1.165) is 29.4 Å². The molecule has 1 atom stereocenters. The lowest BCUT2D eigenvalue weighted by Gasteiger charge is -2.36. The molecule has 1 fully saturated rings. The standard InChI is InChI=1S/C28H29ClF2N2O4S/c1-20-5-3-4-6-26(20)32-14-16-33(17-15-32)27(34)37-18-13-28(2,24-19-22(30)9-12-25(24)31)38(35,36)23-10-7-21(29)8-11-23/h3-12,19H,13-18H2,1-2H3. The first-order valence-corrected chi connectivity index (χ1v) is 14.1. The number of hydrogen-bond acceptors (Lipinski definition) is 5. The molecule has 1 heterocycles. The largest absolute Gasteiger partial charge is 0.449 e. The molecule has 0 radical (unpaired) electrons. The number of para-hydroxylation sites is 1. The Morgan fingerprint density at radius 2 is 1.66 bits per heavy atom. The van der Waals surface area contributed by atoms with E-state index in [1.165, 1.54) is 31.2 Å². The molecule has 202 valence electrons. The van der Waals surface area contributed by atoms with Crippen LogP contribution in [0.4, 0.5) is 19.3 Å². The fourth-order valence-electron chi connectivity index (χ4n) is 4.66. The molecule has 1 unspecified atom stereocenters. The van der Waals surface area contributed by atoms with E-state index in [0.29, 0.717) is 31.2 Å². The van der Waals surface area contributed by atoms with Gasteiger partial charge < -0.3 is 14.5 Å². The molecule has 0 aliphatic carbocycles. The molecule has 0 spiro atoms. The van der Waals surface area contributed by atoms with Crippen molar-refractivity contribution in [2.45, 2.75) is 29.9 Å². The molecule has 4 rings (SSSR count). The summed E-state index contributed by atoms with van der Waals surface area (Å²) in [6, 6.07) is 16.1. The fraction of sp³-hybridized carbons (Fsp3) is 0.321. The van der Waals surface area contributed by atoms with Crippen molar-refractivity contribution in [3.05, 3.63) is 94.5 Å². The van der Waals surface area contributed by atoms with Gasteiger partial charge in [-0.2, -0.15) is 0 Å². The molecule has 6 nitrogen and oxygen atoms in total. The Morgan fingerprint density at radius 3 is 2.32 bits per heavy atom. The summed E-state index contributed by atoms with van der Waals surface area (Å²) in [7, 11) is -4.25. The van der Waals surface area contributed by atoms with Crippen molar-refractivity contribution in [2.24, 2.45) is 0 Å². The lowest BCUT2D eigenvalue weighted by Crippen LogP contribution is -2.49. The molecule has 0 aromatic heterocycles. The number of anilines is 1. The minimum absolute atomic E-state index is 0.105. The van der Waals surface area contributed by atoms with Crippen LogP contribution in [-0.4, -0.2) is 52.2 Å². The second-order valence-electron chi connectivity index (χ2n) is 9.44. The van der Waals surface area contributed by atoms with Gasteiger partial charge in [0.15, 0.2) is 9.84 Å². The van der Waals surface area contributed by atoms with Gasteiger partial charge in [-0.05, 0) is 67.9 Å². The molecule has 3 aromatic carbocycles. The minimum Gasteiger partial charge on any atom is -0.449 e. The zero-order valence-electron chi connectivity index (χ0n) is 21.2. The highest BCUT2D eigenvalue weighted by Gasteiger charge is 2.44. The van der Waals surface area contributed by atoms with E-state index in [1.807, 2.05) is 31.2 Å². The van der Waals surface area contributed by atoms with E-state index in [2.05, 4.69) is 4.90 Å². The average Bonchev–Trinajstić information content (AvgIpc) is 2.90. The van der Waals surface area contributed by atoms with Crippen LogP contribution in [0.3, 0.4) is 0 Å². The van der Waals surface area contributed by atoms with Gasteiger partial charge in [-0.1, -0.05) is 29.8 Å². The monoisotopic (exact) mass is 562 g/mol. The van der Waals surface area contributed by atoms with Crippen molar-refractivity contribution in [2.75, 3.05) is 37.7 Å². The number of amides is 1. The van der Waals surface area contributed by atoms with Crippen LogP contribution in [0.5, 0.6) is 0 Å². The maximum atomic E-state index is 14.9. The molecule has 1 amide bonds. The molecule has 38 heavy (non-hydrogen) atoms. The van der Waals surface area contributed by atoms with Crippen molar-refractivity contribution < 1.29 is 26.7 Å². The summed E-state index contributed by atoms with van der Waals surface area (Å²) in [5.74, 6) is -1.65. The molecule has 1 aliphatic heterocycles. The second kappa shape index (κ2) is 11.3. The number of sulfone groups is 1. The van der Waals surface area contributed by atoms with Gasteiger partial charge in [0, 0.05) is 48.9 Å². The van der Waals surface area contributed by atoms with Gasteiger partial charge >= 0.3 is 6.09 Å². The third-order valence-corrected chi connectivity index (χ3v) is 9.77. The van der Waals surface area contributed by atoms with Crippen LogP contribution < -0.4 is 4.90 Å². The van der Waals surface area contributed by atoms with Crippen molar-refractivity contribution >= 4 is 33.2 Å². The lowest BCUT2D eigenvalue weighted by molar-refractivity contribution is 0.0962. The van der Waals surface area contributed by atoms with Crippen molar-refractivity contribution in [1.82, 2.24) is 4.90 Å². The van der Waals surface area contributed by atoms with Gasteiger partial charge in [-0.15, -0.1) is 0 Å². The normalized spacial score (nSPS) is 15.7. The number of piperazine rings is 1. The van der Waals surface area contributed by atoms with E-state index in [4.69, 9.17) is 16.3 Å². The van der Waals surface area contributed by atoms with Gasteiger partial charge in [-0.25, -0.2) is 22.0 Å². The van der Waals surface area contributed by atoms with Gasteiger partial charge in [0.2, 0.25) is 0 Å². The van der Waals surface area contributed by atoms with Gasteiger partial charge in [0.05, 0.1) is 11.5 Å². The summed E-state index contributed by atoms with van der Waals surface area (Å²) in [5, 5.41) is 0.332. The maximum absolute atomic E-state index is 14.9. The first-order valence-electron chi connectivity index (χ1n) is 12.2.